The van der Waals surface area contributed by atoms with E-state index in [4.69, 9.17) is 4.74 Å². The summed E-state index contributed by atoms with van der Waals surface area (Å²) < 4.78 is 5.25. The minimum atomic E-state index is -0.149. The molecule has 2 amide bonds. The fraction of sp³-hybridized carbons (Fsp3) is 0.438. The van der Waals surface area contributed by atoms with Gasteiger partial charge in [-0.25, -0.2) is 5.43 Å². The van der Waals surface area contributed by atoms with Gasteiger partial charge in [-0.3, -0.25) is 14.5 Å². The van der Waals surface area contributed by atoms with Gasteiger partial charge in [0.05, 0.1) is 25.5 Å². The second-order valence-corrected chi connectivity index (χ2v) is 5.38. The van der Waals surface area contributed by atoms with E-state index in [9.17, 15) is 9.59 Å². The Morgan fingerprint density at radius 2 is 2.00 bits per heavy atom. The molecule has 0 unspecified atom stereocenters. The van der Waals surface area contributed by atoms with Crippen molar-refractivity contribution in [1.29, 1.82) is 0 Å². The number of hydrogen-bond donors (Lipinski definition) is 2. The lowest BCUT2D eigenvalue weighted by Crippen LogP contribution is -2.42. The standard InChI is InChI=1S/C16H22N4O3/c1-12(14-4-3-5-15(10-14)17-13(2)21)18-19-16(22)11-20-6-8-23-9-7-20/h3-5,10H,6-9,11H2,1-2H3,(H,17,21)(H,19,22)/b18-12+. The van der Waals surface area contributed by atoms with Crippen LogP contribution < -0.4 is 10.7 Å². The first-order valence-electron chi connectivity index (χ1n) is 7.56. The number of hydrazone groups is 1. The van der Waals surface area contributed by atoms with Crippen LogP contribution in [-0.4, -0.2) is 55.3 Å². The molecule has 23 heavy (non-hydrogen) atoms. The van der Waals surface area contributed by atoms with Crippen molar-refractivity contribution in [3.63, 3.8) is 0 Å². The highest BCUT2D eigenvalue weighted by atomic mass is 16.5. The number of morpholine rings is 1. The largest absolute Gasteiger partial charge is 0.379 e. The summed E-state index contributed by atoms with van der Waals surface area (Å²) in [4.78, 5) is 25.0. The van der Waals surface area contributed by atoms with Crippen LogP contribution in [-0.2, 0) is 14.3 Å². The van der Waals surface area contributed by atoms with Gasteiger partial charge in [0.15, 0.2) is 0 Å². The molecule has 7 heteroatoms. The minimum absolute atomic E-state index is 0.129. The normalized spacial score (nSPS) is 16.0. The summed E-state index contributed by atoms with van der Waals surface area (Å²) in [5, 5.41) is 6.85. The van der Waals surface area contributed by atoms with E-state index in [1.807, 2.05) is 30.0 Å². The first-order valence-corrected chi connectivity index (χ1v) is 7.56. The molecule has 124 valence electrons. The van der Waals surface area contributed by atoms with E-state index in [-0.39, 0.29) is 11.8 Å². The molecule has 0 spiro atoms. The third kappa shape index (κ3) is 5.80. The Bertz CT molecular complexity index is 595. The predicted molar refractivity (Wildman–Crippen MR) is 88.4 cm³/mol. The number of rotatable bonds is 5. The van der Waals surface area contributed by atoms with Crippen LogP contribution >= 0.6 is 0 Å². The highest BCUT2D eigenvalue weighted by Crippen LogP contribution is 2.11. The molecule has 7 nitrogen and oxygen atoms in total. The zero-order valence-corrected chi connectivity index (χ0v) is 13.5. The molecule has 1 aliphatic rings. The number of amides is 2. The maximum Gasteiger partial charge on any atom is 0.254 e. The average Bonchev–Trinajstić information content (AvgIpc) is 2.53. The van der Waals surface area contributed by atoms with Crippen molar-refractivity contribution in [1.82, 2.24) is 10.3 Å². The molecular formula is C16H22N4O3. The van der Waals surface area contributed by atoms with E-state index in [0.29, 0.717) is 31.2 Å². The molecule has 1 saturated heterocycles. The van der Waals surface area contributed by atoms with E-state index in [0.717, 1.165) is 18.7 Å². The number of carbonyl (C=O) groups excluding carboxylic acids is 2. The summed E-state index contributed by atoms with van der Waals surface area (Å²) in [6.07, 6.45) is 0. The van der Waals surface area contributed by atoms with Gasteiger partial charge in [-0.15, -0.1) is 0 Å². The molecule has 0 bridgehead atoms. The molecule has 1 aromatic rings. The zero-order valence-electron chi connectivity index (χ0n) is 13.5. The van der Waals surface area contributed by atoms with Gasteiger partial charge in [-0.2, -0.15) is 5.10 Å². The van der Waals surface area contributed by atoms with Gasteiger partial charge in [0.2, 0.25) is 5.91 Å². The maximum absolute atomic E-state index is 11.9. The number of benzene rings is 1. The number of anilines is 1. The lowest BCUT2D eigenvalue weighted by atomic mass is 10.1. The van der Waals surface area contributed by atoms with Gasteiger partial charge in [-0.1, -0.05) is 12.1 Å². The van der Waals surface area contributed by atoms with Crippen molar-refractivity contribution < 1.29 is 14.3 Å². The van der Waals surface area contributed by atoms with Gasteiger partial charge >= 0.3 is 0 Å². The molecule has 1 heterocycles. The highest BCUT2D eigenvalue weighted by molar-refractivity contribution is 6.00. The van der Waals surface area contributed by atoms with Gasteiger partial charge in [0, 0.05) is 25.7 Å². The zero-order chi connectivity index (χ0) is 16.7. The molecule has 2 rings (SSSR count). The van der Waals surface area contributed by atoms with E-state index in [2.05, 4.69) is 15.8 Å². The Morgan fingerprint density at radius 1 is 1.26 bits per heavy atom. The molecule has 0 saturated carbocycles. The molecule has 0 atom stereocenters. The minimum Gasteiger partial charge on any atom is -0.379 e. The fourth-order valence-electron chi connectivity index (χ4n) is 2.23. The molecular weight excluding hydrogens is 296 g/mol. The van der Waals surface area contributed by atoms with Crippen LogP contribution in [0.2, 0.25) is 0 Å². The second kappa shape index (κ2) is 8.40. The summed E-state index contributed by atoms with van der Waals surface area (Å²) in [5.74, 6) is -0.278. The molecule has 0 aromatic heterocycles. The molecule has 1 aliphatic heterocycles. The highest BCUT2D eigenvalue weighted by Gasteiger charge is 2.13. The predicted octanol–water partition coefficient (Wildman–Crippen LogP) is 0.817. The number of ether oxygens (including phenoxy) is 1. The Balaban J connectivity index is 1.91. The Hall–Kier alpha value is -2.25. The third-order valence-corrected chi connectivity index (χ3v) is 3.42. The van der Waals surface area contributed by atoms with Crippen LogP contribution in [0.1, 0.15) is 19.4 Å². The van der Waals surface area contributed by atoms with Crippen LogP contribution in [0.5, 0.6) is 0 Å². The van der Waals surface area contributed by atoms with Crippen LogP contribution in [0.4, 0.5) is 5.69 Å². The Kier molecular flexibility index (Phi) is 6.25. The molecule has 2 N–H and O–H groups in total. The number of hydrogen-bond acceptors (Lipinski definition) is 5. The number of nitrogens with one attached hydrogen (secondary N) is 2. The van der Waals surface area contributed by atoms with Crippen molar-refractivity contribution in [3.8, 4) is 0 Å². The van der Waals surface area contributed by atoms with Gasteiger partial charge in [0.25, 0.3) is 5.91 Å². The number of nitrogens with zero attached hydrogens (tertiary/aromatic N) is 2. The molecule has 0 aliphatic carbocycles. The van der Waals surface area contributed by atoms with Crippen LogP contribution in [0, 0.1) is 0 Å². The van der Waals surface area contributed by atoms with Gasteiger partial charge in [-0.05, 0) is 24.6 Å². The summed E-state index contributed by atoms with van der Waals surface area (Å²) in [6.45, 7) is 6.41. The van der Waals surface area contributed by atoms with Crippen molar-refractivity contribution in [2.24, 2.45) is 5.10 Å². The second-order valence-electron chi connectivity index (χ2n) is 5.38. The first kappa shape index (κ1) is 17.1. The summed E-state index contributed by atoms with van der Waals surface area (Å²) in [5.41, 5.74) is 4.78. The first-order chi connectivity index (χ1) is 11.0. The molecule has 1 fully saturated rings. The van der Waals surface area contributed by atoms with Crippen molar-refractivity contribution in [2.75, 3.05) is 38.2 Å². The lowest BCUT2D eigenvalue weighted by Gasteiger charge is -2.25. The maximum atomic E-state index is 11.9. The topological polar surface area (TPSA) is 83.0 Å². The van der Waals surface area contributed by atoms with Gasteiger partial charge in [0.1, 0.15) is 0 Å². The van der Waals surface area contributed by atoms with E-state index in [1.54, 1.807) is 6.07 Å². The monoisotopic (exact) mass is 318 g/mol. The van der Waals surface area contributed by atoms with Crippen molar-refractivity contribution in [2.45, 2.75) is 13.8 Å². The van der Waals surface area contributed by atoms with E-state index < -0.39 is 0 Å². The van der Waals surface area contributed by atoms with Crippen LogP contribution in [0.3, 0.4) is 0 Å². The van der Waals surface area contributed by atoms with Crippen molar-refractivity contribution in [3.05, 3.63) is 29.8 Å². The SMILES string of the molecule is CC(=O)Nc1cccc(/C(C)=N/NC(=O)CN2CCOCC2)c1. The summed E-state index contributed by atoms with van der Waals surface area (Å²) in [7, 11) is 0. The Morgan fingerprint density at radius 3 is 2.70 bits per heavy atom. The van der Waals surface area contributed by atoms with Gasteiger partial charge < -0.3 is 10.1 Å². The van der Waals surface area contributed by atoms with Crippen molar-refractivity contribution >= 4 is 23.2 Å². The average molecular weight is 318 g/mol. The van der Waals surface area contributed by atoms with Crippen LogP contribution in [0.25, 0.3) is 0 Å². The Labute approximate surface area is 135 Å². The number of carbonyl (C=O) groups is 2. The fourth-order valence-corrected chi connectivity index (χ4v) is 2.23. The van der Waals surface area contributed by atoms with E-state index >= 15 is 0 Å². The molecule has 0 radical (unpaired) electrons. The smallest absolute Gasteiger partial charge is 0.254 e. The van der Waals surface area contributed by atoms with E-state index in [1.165, 1.54) is 6.92 Å². The molecule has 1 aromatic carbocycles. The summed E-state index contributed by atoms with van der Waals surface area (Å²) >= 11 is 0. The quantitative estimate of drug-likeness (QED) is 0.622. The van der Waals surface area contributed by atoms with Crippen LogP contribution in [0.15, 0.2) is 29.4 Å². The summed E-state index contributed by atoms with van der Waals surface area (Å²) in [6, 6.07) is 7.32. The third-order valence-electron chi connectivity index (χ3n) is 3.42. The lowest BCUT2D eigenvalue weighted by molar-refractivity contribution is -0.123.